The van der Waals surface area contributed by atoms with Crippen LogP contribution in [-0.2, 0) is 12.8 Å². The number of aliphatic hydroxyl groups excluding tert-OH is 1. The lowest BCUT2D eigenvalue weighted by Crippen LogP contribution is -2.12. The molecule has 0 radical (unpaired) electrons. The zero-order valence-electron chi connectivity index (χ0n) is 22.2. The molecular weight excluding hydrogens is 504 g/mol. The number of rotatable bonds is 6. The van der Waals surface area contributed by atoms with Crippen molar-refractivity contribution in [1.29, 1.82) is 0 Å². The van der Waals surface area contributed by atoms with Gasteiger partial charge in [0.25, 0.3) is 0 Å². The SMILES string of the molecule is COc1c(O)c2c(=O)cc3c4c5c(cc(=O)c6c(O)c(OC)c(CC(C)O)c(c(c1CC(C)C)c24)c65)OCO3. The van der Waals surface area contributed by atoms with Crippen LogP contribution in [-0.4, -0.2) is 42.4 Å². The van der Waals surface area contributed by atoms with E-state index in [4.69, 9.17) is 18.9 Å². The fourth-order valence-corrected chi connectivity index (χ4v) is 6.25. The van der Waals surface area contributed by atoms with Gasteiger partial charge < -0.3 is 34.3 Å². The number of fused-ring (bicyclic) bond motifs is 1. The van der Waals surface area contributed by atoms with Crippen molar-refractivity contribution in [3.63, 3.8) is 0 Å². The summed E-state index contributed by atoms with van der Waals surface area (Å²) in [6.45, 7) is 5.40. The van der Waals surface area contributed by atoms with Crippen LogP contribution in [0.15, 0.2) is 21.7 Å². The van der Waals surface area contributed by atoms with E-state index in [2.05, 4.69) is 0 Å². The first kappa shape index (κ1) is 25.1. The molecule has 39 heavy (non-hydrogen) atoms. The number of phenolic OH excluding ortho intramolecular Hbond substituents is 2. The predicted octanol–water partition coefficient (Wildman–Crippen LogP) is 4.17. The van der Waals surface area contributed by atoms with E-state index in [9.17, 15) is 24.9 Å². The maximum absolute atomic E-state index is 13.5. The van der Waals surface area contributed by atoms with Gasteiger partial charge in [0.1, 0.15) is 11.5 Å². The van der Waals surface area contributed by atoms with Crippen LogP contribution < -0.4 is 29.8 Å². The Morgan fingerprint density at radius 3 is 1.54 bits per heavy atom. The molecule has 5 aromatic rings. The van der Waals surface area contributed by atoms with Crippen molar-refractivity contribution in [3.8, 4) is 34.5 Å². The Labute approximate surface area is 222 Å². The summed E-state index contributed by atoms with van der Waals surface area (Å²) < 4.78 is 23.1. The third-order valence-electron chi connectivity index (χ3n) is 7.51. The number of ether oxygens (including phenoxy) is 4. The minimum absolute atomic E-state index is 0.0268. The van der Waals surface area contributed by atoms with Gasteiger partial charge in [-0.3, -0.25) is 9.59 Å². The van der Waals surface area contributed by atoms with Crippen LogP contribution in [0.5, 0.6) is 34.5 Å². The number of aromatic hydroxyl groups is 2. The van der Waals surface area contributed by atoms with E-state index < -0.39 is 17.0 Å². The molecule has 5 aromatic carbocycles. The van der Waals surface area contributed by atoms with Gasteiger partial charge in [-0.15, -0.1) is 0 Å². The number of hydrogen-bond donors (Lipinski definition) is 3. The number of benzene rings is 5. The molecule has 1 aliphatic heterocycles. The molecule has 1 aliphatic rings. The standard InChI is InChI=1S/C30H28O9/c1-11(2)6-13-19-20-14(7-12(3)31)30(37-5)28(35)22-16(33)9-18-24(26(20)22)23-17(38-10-39-18)8-15(32)21(25(19)23)27(34)29(13)36-4/h8-9,11-12,31,34-35H,6-7,10H2,1-5H3. The first-order chi connectivity index (χ1) is 18.6. The van der Waals surface area contributed by atoms with Crippen molar-refractivity contribution >= 4 is 43.1 Å². The Hall–Kier alpha value is -4.24. The predicted molar refractivity (Wildman–Crippen MR) is 148 cm³/mol. The summed E-state index contributed by atoms with van der Waals surface area (Å²) in [5.41, 5.74) is 0.130. The third-order valence-corrected chi connectivity index (χ3v) is 7.51. The highest BCUT2D eigenvalue weighted by Gasteiger charge is 2.33. The summed E-state index contributed by atoms with van der Waals surface area (Å²) in [6, 6.07) is 2.58. The molecule has 0 bridgehead atoms. The molecule has 9 heteroatoms. The van der Waals surface area contributed by atoms with Gasteiger partial charge in [-0.05, 0) is 30.0 Å². The van der Waals surface area contributed by atoms with E-state index in [0.29, 0.717) is 49.9 Å². The summed E-state index contributed by atoms with van der Waals surface area (Å²) >= 11 is 0. The van der Waals surface area contributed by atoms with Gasteiger partial charge in [0.05, 0.1) is 31.1 Å². The van der Waals surface area contributed by atoms with Crippen LogP contribution in [0.1, 0.15) is 31.9 Å². The molecular formula is C30H28O9. The van der Waals surface area contributed by atoms with Gasteiger partial charge in [-0.2, -0.15) is 0 Å². The highest BCUT2D eigenvalue weighted by Crippen LogP contribution is 2.56. The quantitative estimate of drug-likeness (QED) is 0.218. The van der Waals surface area contributed by atoms with Gasteiger partial charge in [-0.25, -0.2) is 0 Å². The van der Waals surface area contributed by atoms with E-state index in [1.807, 2.05) is 13.8 Å². The Bertz CT molecular complexity index is 1790. The Kier molecular flexibility index (Phi) is 5.55. The Balaban J connectivity index is 2.13. The van der Waals surface area contributed by atoms with Crippen LogP contribution in [0, 0.1) is 5.92 Å². The maximum atomic E-state index is 13.5. The number of aliphatic hydroxyl groups is 1. The molecule has 1 atom stereocenters. The van der Waals surface area contributed by atoms with Gasteiger partial charge in [-0.1, -0.05) is 13.8 Å². The lowest BCUT2D eigenvalue weighted by Gasteiger charge is -2.25. The number of hydrogen-bond acceptors (Lipinski definition) is 9. The molecule has 3 N–H and O–H groups in total. The van der Waals surface area contributed by atoms with E-state index >= 15 is 0 Å². The second-order valence-electron chi connectivity index (χ2n) is 10.5. The van der Waals surface area contributed by atoms with Crippen LogP contribution in [0.4, 0.5) is 0 Å². The summed E-state index contributed by atoms with van der Waals surface area (Å²) in [5.74, 6) is 0.158. The molecule has 1 unspecified atom stereocenters. The van der Waals surface area contributed by atoms with Crippen molar-refractivity contribution in [2.45, 2.75) is 39.7 Å². The minimum atomic E-state index is -0.841. The zero-order valence-corrected chi connectivity index (χ0v) is 22.2. The van der Waals surface area contributed by atoms with Crippen molar-refractivity contribution < 1.29 is 34.3 Å². The van der Waals surface area contributed by atoms with Crippen LogP contribution >= 0.6 is 0 Å². The van der Waals surface area contributed by atoms with Crippen molar-refractivity contribution in [2.24, 2.45) is 5.92 Å². The van der Waals surface area contributed by atoms with Gasteiger partial charge >= 0.3 is 0 Å². The van der Waals surface area contributed by atoms with Crippen LogP contribution in [0.3, 0.4) is 0 Å². The van der Waals surface area contributed by atoms with Gasteiger partial charge in [0, 0.05) is 51.2 Å². The molecule has 202 valence electrons. The van der Waals surface area contributed by atoms with Crippen molar-refractivity contribution in [2.75, 3.05) is 21.0 Å². The van der Waals surface area contributed by atoms with E-state index in [0.717, 1.165) is 0 Å². The lowest BCUT2D eigenvalue weighted by atomic mass is 9.81. The molecule has 0 aromatic heterocycles. The topological polar surface area (TPSA) is 132 Å². The molecule has 0 saturated carbocycles. The van der Waals surface area contributed by atoms with E-state index in [-0.39, 0.29) is 64.4 Å². The molecule has 9 nitrogen and oxygen atoms in total. The summed E-state index contributed by atoms with van der Waals surface area (Å²) in [4.78, 5) is 27.0. The van der Waals surface area contributed by atoms with Crippen molar-refractivity contribution in [3.05, 3.63) is 43.7 Å². The van der Waals surface area contributed by atoms with Gasteiger partial charge in [0.15, 0.2) is 33.9 Å². The average molecular weight is 533 g/mol. The number of methoxy groups -OCH3 is 2. The fourth-order valence-electron chi connectivity index (χ4n) is 6.25. The normalized spacial score (nSPS) is 13.9. The summed E-state index contributed by atoms with van der Waals surface area (Å²) in [6.07, 6.45) is -0.316. The van der Waals surface area contributed by atoms with Gasteiger partial charge in [0.2, 0.25) is 6.79 Å². The highest BCUT2D eigenvalue weighted by atomic mass is 16.7. The molecule has 1 heterocycles. The van der Waals surface area contributed by atoms with E-state index in [1.54, 1.807) is 6.92 Å². The van der Waals surface area contributed by atoms with Crippen LogP contribution in [0.25, 0.3) is 43.1 Å². The second kappa shape index (κ2) is 8.64. The molecule has 6 rings (SSSR count). The molecule has 0 spiro atoms. The largest absolute Gasteiger partial charge is 0.504 e. The average Bonchev–Trinajstić information content (AvgIpc) is 3.03. The monoisotopic (exact) mass is 532 g/mol. The Morgan fingerprint density at radius 2 is 1.15 bits per heavy atom. The van der Waals surface area contributed by atoms with Crippen molar-refractivity contribution in [1.82, 2.24) is 0 Å². The summed E-state index contributed by atoms with van der Waals surface area (Å²) in [7, 11) is 2.81. The molecule has 0 fully saturated rings. The van der Waals surface area contributed by atoms with E-state index in [1.165, 1.54) is 26.4 Å². The maximum Gasteiger partial charge on any atom is 0.230 e. The first-order valence-corrected chi connectivity index (χ1v) is 12.7. The lowest BCUT2D eigenvalue weighted by molar-refractivity contribution is 0.125. The minimum Gasteiger partial charge on any atom is -0.504 e. The summed E-state index contributed by atoms with van der Waals surface area (Å²) in [5, 5.41) is 36.3. The van der Waals surface area contributed by atoms with Crippen LogP contribution in [0.2, 0.25) is 0 Å². The second-order valence-corrected chi connectivity index (χ2v) is 10.5. The fraction of sp³-hybridized carbons (Fsp3) is 0.333. The zero-order chi connectivity index (χ0) is 27.9. The number of phenols is 2. The molecule has 0 amide bonds. The first-order valence-electron chi connectivity index (χ1n) is 12.7. The Morgan fingerprint density at radius 1 is 0.718 bits per heavy atom. The highest BCUT2D eigenvalue weighted by molar-refractivity contribution is 6.38. The smallest absolute Gasteiger partial charge is 0.230 e. The molecule has 0 saturated heterocycles. The third kappa shape index (κ3) is 3.29. The molecule has 0 aliphatic carbocycles.